The molecule has 0 heterocycles. The highest BCUT2D eigenvalue weighted by atomic mass is 32.2. The predicted octanol–water partition coefficient (Wildman–Crippen LogP) is 0.685. The van der Waals surface area contributed by atoms with Crippen LogP contribution in [0.5, 0.6) is 0 Å². The Labute approximate surface area is 106 Å². The van der Waals surface area contributed by atoms with Gasteiger partial charge in [0.1, 0.15) is 5.78 Å². The number of benzene rings is 1. The van der Waals surface area contributed by atoms with Gasteiger partial charge in [-0.2, -0.15) is 0 Å². The molecule has 18 heavy (non-hydrogen) atoms. The second-order valence-electron chi connectivity index (χ2n) is 4.07. The third-order valence-corrected chi connectivity index (χ3v) is 3.38. The van der Waals surface area contributed by atoms with Crippen molar-refractivity contribution in [1.29, 1.82) is 0 Å². The summed E-state index contributed by atoms with van der Waals surface area (Å²) in [6, 6.07) is 6.23. The van der Waals surface area contributed by atoms with E-state index in [1.165, 1.54) is 19.1 Å². The highest BCUT2D eigenvalue weighted by molar-refractivity contribution is 7.90. The van der Waals surface area contributed by atoms with Gasteiger partial charge in [-0.3, -0.25) is 9.59 Å². The number of sulfone groups is 1. The molecular formula is C12H15NO4S. The van der Waals surface area contributed by atoms with Gasteiger partial charge in [0.25, 0.3) is 0 Å². The van der Waals surface area contributed by atoms with Crippen molar-refractivity contribution in [2.24, 2.45) is 0 Å². The summed E-state index contributed by atoms with van der Waals surface area (Å²) in [6.07, 6.45) is 0.998. The molecule has 0 unspecified atom stereocenters. The first-order valence-electron chi connectivity index (χ1n) is 5.34. The topological polar surface area (TPSA) is 80.3 Å². The smallest absolute Gasteiger partial charge is 0.227 e. The minimum absolute atomic E-state index is 0.137. The maximum atomic E-state index is 11.2. The Kier molecular flexibility index (Phi) is 4.61. The van der Waals surface area contributed by atoms with Crippen molar-refractivity contribution in [3.05, 3.63) is 29.8 Å². The monoisotopic (exact) mass is 269 g/mol. The number of carbonyl (C=O) groups excluding carboxylic acids is 2. The molecule has 0 atom stereocenters. The first-order valence-corrected chi connectivity index (χ1v) is 7.23. The number of amides is 1. The molecule has 0 radical (unpaired) electrons. The van der Waals surface area contributed by atoms with E-state index < -0.39 is 9.84 Å². The van der Waals surface area contributed by atoms with Crippen molar-refractivity contribution in [3.63, 3.8) is 0 Å². The van der Waals surface area contributed by atoms with Crippen molar-refractivity contribution >= 4 is 21.5 Å². The van der Waals surface area contributed by atoms with Gasteiger partial charge in [-0.15, -0.1) is 0 Å². The van der Waals surface area contributed by atoms with Crippen molar-refractivity contribution in [1.82, 2.24) is 5.32 Å². The predicted molar refractivity (Wildman–Crippen MR) is 66.7 cm³/mol. The van der Waals surface area contributed by atoms with Gasteiger partial charge in [0.05, 0.1) is 11.3 Å². The minimum Gasteiger partial charge on any atom is -0.352 e. The van der Waals surface area contributed by atoms with Crippen LogP contribution in [0.15, 0.2) is 29.2 Å². The van der Waals surface area contributed by atoms with E-state index in [9.17, 15) is 18.0 Å². The summed E-state index contributed by atoms with van der Waals surface area (Å²) in [6.45, 7) is 1.62. The Bertz CT molecular complexity index is 546. The van der Waals surface area contributed by atoms with Gasteiger partial charge in [-0.05, 0) is 24.6 Å². The number of Topliss-reactive ketones (excluding diaryl/α,β-unsaturated/α-hetero) is 1. The van der Waals surface area contributed by atoms with Gasteiger partial charge >= 0.3 is 0 Å². The summed E-state index contributed by atoms with van der Waals surface area (Å²) in [5.41, 5.74) is 0.777. The summed E-state index contributed by atoms with van der Waals surface area (Å²) in [5.74, 6) is -0.533. The molecule has 0 saturated heterocycles. The molecule has 0 aliphatic heterocycles. The Balaban J connectivity index is 2.60. The Morgan fingerprint density at radius 1 is 1.17 bits per heavy atom. The average Bonchev–Trinajstić information content (AvgIpc) is 2.25. The zero-order valence-corrected chi connectivity index (χ0v) is 11.1. The standard InChI is InChI=1S/C12H15NO4S/c1-9(14)7-12(15)13-8-10-3-5-11(6-4-10)18(2,16)17/h3-6H,7-8H2,1-2H3,(H,13,15). The first kappa shape index (κ1) is 14.4. The van der Waals surface area contributed by atoms with Crippen molar-refractivity contribution in [2.75, 3.05) is 6.26 Å². The fraction of sp³-hybridized carbons (Fsp3) is 0.333. The van der Waals surface area contributed by atoms with Gasteiger partial charge < -0.3 is 5.32 Å². The van der Waals surface area contributed by atoms with E-state index in [1.807, 2.05) is 0 Å². The highest BCUT2D eigenvalue weighted by Gasteiger charge is 2.07. The van der Waals surface area contributed by atoms with Gasteiger partial charge in [0.2, 0.25) is 5.91 Å². The summed E-state index contributed by atoms with van der Waals surface area (Å²) in [7, 11) is -3.20. The second-order valence-corrected chi connectivity index (χ2v) is 6.09. The van der Waals surface area contributed by atoms with Crippen LogP contribution in [-0.2, 0) is 26.0 Å². The molecule has 0 aliphatic rings. The molecule has 0 bridgehead atoms. The third kappa shape index (κ3) is 4.67. The van der Waals surface area contributed by atoms with Crippen molar-refractivity contribution in [3.8, 4) is 0 Å². The van der Waals surface area contributed by atoms with E-state index in [2.05, 4.69) is 5.32 Å². The summed E-state index contributed by atoms with van der Waals surface area (Å²) < 4.78 is 22.4. The van der Waals surface area contributed by atoms with Gasteiger partial charge in [-0.1, -0.05) is 12.1 Å². The third-order valence-electron chi connectivity index (χ3n) is 2.25. The Hall–Kier alpha value is -1.69. The highest BCUT2D eigenvalue weighted by Crippen LogP contribution is 2.10. The Morgan fingerprint density at radius 2 is 1.72 bits per heavy atom. The lowest BCUT2D eigenvalue weighted by Crippen LogP contribution is -2.24. The van der Waals surface area contributed by atoms with Gasteiger partial charge in [-0.25, -0.2) is 8.42 Å². The molecule has 1 aromatic carbocycles. The second kappa shape index (κ2) is 5.77. The van der Waals surface area contributed by atoms with Crippen LogP contribution in [-0.4, -0.2) is 26.4 Å². The van der Waals surface area contributed by atoms with E-state index in [0.717, 1.165) is 11.8 Å². The van der Waals surface area contributed by atoms with Gasteiger partial charge in [0.15, 0.2) is 9.84 Å². The zero-order valence-electron chi connectivity index (χ0n) is 10.3. The maximum absolute atomic E-state index is 11.2. The van der Waals surface area contributed by atoms with Crippen LogP contribution in [0.25, 0.3) is 0 Å². The van der Waals surface area contributed by atoms with E-state index in [0.29, 0.717) is 0 Å². The molecular weight excluding hydrogens is 254 g/mol. The number of hydrogen-bond donors (Lipinski definition) is 1. The fourth-order valence-electron chi connectivity index (χ4n) is 1.34. The molecule has 0 aromatic heterocycles. The van der Waals surface area contributed by atoms with Crippen LogP contribution in [0, 0.1) is 0 Å². The summed E-state index contributed by atoms with van der Waals surface area (Å²) in [4.78, 5) is 22.2. The maximum Gasteiger partial charge on any atom is 0.227 e. The minimum atomic E-state index is -3.20. The molecule has 0 fully saturated rings. The normalized spacial score (nSPS) is 11.0. The van der Waals surface area contributed by atoms with Crippen LogP contribution in [0.1, 0.15) is 18.9 Å². The lowest BCUT2D eigenvalue weighted by molar-refractivity contribution is -0.127. The Morgan fingerprint density at radius 3 is 2.17 bits per heavy atom. The molecule has 5 nitrogen and oxygen atoms in total. The molecule has 1 N–H and O–H groups in total. The van der Waals surface area contributed by atoms with Crippen LogP contribution in [0.4, 0.5) is 0 Å². The van der Waals surface area contributed by atoms with E-state index in [1.54, 1.807) is 12.1 Å². The van der Waals surface area contributed by atoms with Crippen molar-refractivity contribution in [2.45, 2.75) is 24.8 Å². The SMILES string of the molecule is CC(=O)CC(=O)NCc1ccc(S(C)(=O)=O)cc1. The molecule has 0 aliphatic carbocycles. The van der Waals surface area contributed by atoms with Crippen LogP contribution in [0.3, 0.4) is 0 Å². The van der Waals surface area contributed by atoms with Crippen LogP contribution < -0.4 is 5.32 Å². The number of rotatable bonds is 5. The van der Waals surface area contributed by atoms with E-state index >= 15 is 0 Å². The molecule has 98 valence electrons. The number of carbonyl (C=O) groups is 2. The van der Waals surface area contributed by atoms with Crippen LogP contribution >= 0.6 is 0 Å². The summed E-state index contributed by atoms with van der Waals surface area (Å²) >= 11 is 0. The first-order chi connectivity index (χ1) is 8.29. The number of hydrogen-bond acceptors (Lipinski definition) is 4. The van der Waals surface area contributed by atoms with Gasteiger partial charge in [0, 0.05) is 12.8 Å². The molecule has 1 aromatic rings. The lowest BCUT2D eigenvalue weighted by atomic mass is 10.2. The molecule has 0 saturated carbocycles. The van der Waals surface area contributed by atoms with Crippen LogP contribution in [0.2, 0.25) is 0 Å². The molecule has 6 heteroatoms. The molecule has 1 amide bonds. The average molecular weight is 269 g/mol. The number of nitrogens with one attached hydrogen (secondary N) is 1. The fourth-order valence-corrected chi connectivity index (χ4v) is 1.97. The molecule has 1 rings (SSSR count). The largest absolute Gasteiger partial charge is 0.352 e. The zero-order chi connectivity index (χ0) is 13.8. The molecule has 0 spiro atoms. The van der Waals surface area contributed by atoms with Crippen molar-refractivity contribution < 1.29 is 18.0 Å². The lowest BCUT2D eigenvalue weighted by Gasteiger charge is -2.05. The summed E-state index contributed by atoms with van der Waals surface area (Å²) in [5, 5.41) is 2.58. The van der Waals surface area contributed by atoms with E-state index in [4.69, 9.17) is 0 Å². The quantitative estimate of drug-likeness (QED) is 0.797. The van der Waals surface area contributed by atoms with E-state index in [-0.39, 0.29) is 29.6 Å². The number of ketones is 1.